The van der Waals surface area contributed by atoms with Gasteiger partial charge in [-0.25, -0.2) is 9.18 Å². The fraction of sp³-hybridized carbons (Fsp3) is 0.286. The number of urea groups is 1. The van der Waals surface area contributed by atoms with E-state index in [4.69, 9.17) is 12.2 Å². The summed E-state index contributed by atoms with van der Waals surface area (Å²) >= 11 is 0. The number of aliphatic imine (C=N–C) groups is 1. The molecule has 0 aromatic heterocycles. The van der Waals surface area contributed by atoms with E-state index in [1.54, 1.807) is 19.9 Å². The van der Waals surface area contributed by atoms with Crippen LogP contribution in [0.1, 0.15) is 24.1 Å². The number of carbonyl (C=O) groups excluding carboxylic acids is 1. The molecule has 2 atom stereocenters. The summed E-state index contributed by atoms with van der Waals surface area (Å²) in [4.78, 5) is 17.0. The summed E-state index contributed by atoms with van der Waals surface area (Å²) in [6.07, 6.45) is 5.37. The summed E-state index contributed by atoms with van der Waals surface area (Å²) in [5, 5.41) is 0. The lowest BCUT2D eigenvalue weighted by atomic mass is 9.99. The molecule has 98 valence electrons. The lowest BCUT2D eigenvalue weighted by Gasteiger charge is -2.28. The maximum absolute atomic E-state index is 13.2. The Morgan fingerprint density at radius 3 is 2.84 bits per heavy atom. The topological polar surface area (TPSA) is 58.7 Å². The van der Waals surface area contributed by atoms with Gasteiger partial charge in [-0.2, -0.15) is 4.99 Å². The molecule has 1 aliphatic rings. The maximum Gasteiger partial charge on any atom is 0.347 e. The van der Waals surface area contributed by atoms with E-state index in [2.05, 4.69) is 10.9 Å². The Hall–Kier alpha value is -2.35. The van der Waals surface area contributed by atoms with Crippen LogP contribution in [0.3, 0.4) is 0 Å². The standard InChI is InChI=1S/C14H14FN3O/c1-4-9(3)18-12(13(16)17-14(18)19)11-6-5-10(15)7-8(11)2/h1,5-7,9,12H,2-3H3,(H2,16,17,19). The van der Waals surface area contributed by atoms with Crippen molar-refractivity contribution in [1.29, 1.82) is 0 Å². The van der Waals surface area contributed by atoms with Crippen LogP contribution in [0, 0.1) is 25.1 Å². The molecule has 2 amide bonds. The minimum absolute atomic E-state index is 0.182. The number of hydrogen-bond acceptors (Lipinski definition) is 2. The third-order valence-electron chi connectivity index (χ3n) is 3.19. The van der Waals surface area contributed by atoms with Crippen molar-refractivity contribution in [3.63, 3.8) is 0 Å². The van der Waals surface area contributed by atoms with Crippen molar-refractivity contribution in [2.75, 3.05) is 0 Å². The van der Waals surface area contributed by atoms with E-state index < -0.39 is 18.1 Å². The van der Waals surface area contributed by atoms with E-state index in [0.717, 1.165) is 5.56 Å². The number of amides is 2. The highest BCUT2D eigenvalue weighted by Crippen LogP contribution is 2.31. The molecule has 1 aromatic carbocycles. The molecule has 2 N–H and O–H groups in total. The van der Waals surface area contributed by atoms with E-state index in [1.165, 1.54) is 17.0 Å². The monoisotopic (exact) mass is 259 g/mol. The Morgan fingerprint density at radius 2 is 2.26 bits per heavy atom. The van der Waals surface area contributed by atoms with Gasteiger partial charge in [0.2, 0.25) is 0 Å². The largest absolute Gasteiger partial charge is 0.385 e. The van der Waals surface area contributed by atoms with E-state index in [-0.39, 0.29) is 11.7 Å². The first-order chi connectivity index (χ1) is 8.95. The molecule has 1 aliphatic heterocycles. The molecule has 1 heterocycles. The molecule has 0 saturated heterocycles. The Labute approximate surface area is 111 Å². The molecule has 0 aliphatic carbocycles. The summed E-state index contributed by atoms with van der Waals surface area (Å²) < 4.78 is 13.2. The molecule has 0 saturated carbocycles. The van der Waals surface area contributed by atoms with Crippen LogP contribution in [0.5, 0.6) is 0 Å². The Kier molecular flexibility index (Phi) is 3.26. The van der Waals surface area contributed by atoms with Gasteiger partial charge in [0, 0.05) is 0 Å². The summed E-state index contributed by atoms with van der Waals surface area (Å²) in [6.45, 7) is 3.48. The molecular formula is C14H14FN3O. The third-order valence-corrected chi connectivity index (χ3v) is 3.19. The number of nitrogens with two attached hydrogens (primary N) is 1. The van der Waals surface area contributed by atoms with E-state index in [9.17, 15) is 9.18 Å². The van der Waals surface area contributed by atoms with Crippen LogP contribution in [-0.2, 0) is 0 Å². The smallest absolute Gasteiger partial charge is 0.347 e. The van der Waals surface area contributed by atoms with Crippen molar-refractivity contribution in [2.45, 2.75) is 25.9 Å². The fourth-order valence-corrected chi connectivity index (χ4v) is 2.21. The number of rotatable bonds is 2. The molecule has 0 spiro atoms. The predicted octanol–water partition coefficient (Wildman–Crippen LogP) is 1.99. The summed E-state index contributed by atoms with van der Waals surface area (Å²) in [5.74, 6) is 2.34. The number of benzene rings is 1. The van der Waals surface area contributed by atoms with E-state index in [1.807, 2.05) is 0 Å². The first kappa shape index (κ1) is 13.1. The number of hydrogen-bond donors (Lipinski definition) is 1. The second-order valence-electron chi connectivity index (χ2n) is 4.47. The average Bonchev–Trinajstić information content (AvgIpc) is 2.63. The SMILES string of the molecule is C#CC(C)N1C(=O)N=C(N)C1c1ccc(F)cc1C. The van der Waals surface area contributed by atoms with Crippen LogP contribution in [0.2, 0.25) is 0 Å². The number of amidine groups is 1. The van der Waals surface area contributed by atoms with Crippen molar-refractivity contribution >= 4 is 11.9 Å². The van der Waals surface area contributed by atoms with Crippen LogP contribution in [0.4, 0.5) is 9.18 Å². The molecule has 19 heavy (non-hydrogen) atoms. The third kappa shape index (κ3) is 2.17. The highest BCUT2D eigenvalue weighted by atomic mass is 19.1. The average molecular weight is 259 g/mol. The molecule has 0 bridgehead atoms. The molecule has 0 radical (unpaired) electrons. The van der Waals surface area contributed by atoms with Crippen molar-refractivity contribution < 1.29 is 9.18 Å². The van der Waals surface area contributed by atoms with Crippen LogP contribution < -0.4 is 5.73 Å². The zero-order valence-corrected chi connectivity index (χ0v) is 10.7. The van der Waals surface area contributed by atoms with Gasteiger partial charge in [0.15, 0.2) is 0 Å². The lowest BCUT2D eigenvalue weighted by molar-refractivity contribution is 0.199. The number of halogens is 1. The summed E-state index contributed by atoms with van der Waals surface area (Å²) in [6, 6.07) is 2.90. The summed E-state index contributed by atoms with van der Waals surface area (Å²) in [5.41, 5.74) is 7.25. The quantitative estimate of drug-likeness (QED) is 0.826. The normalized spacial score (nSPS) is 20.1. The van der Waals surface area contributed by atoms with Gasteiger partial charge in [0.05, 0.1) is 6.04 Å². The van der Waals surface area contributed by atoms with Gasteiger partial charge in [-0.15, -0.1) is 6.42 Å². The lowest BCUT2D eigenvalue weighted by Crippen LogP contribution is -2.39. The zero-order valence-electron chi connectivity index (χ0n) is 10.7. The van der Waals surface area contributed by atoms with Gasteiger partial charge in [0.1, 0.15) is 17.7 Å². The number of carbonyl (C=O) groups is 1. The second kappa shape index (κ2) is 4.73. The molecule has 4 nitrogen and oxygen atoms in total. The van der Waals surface area contributed by atoms with Gasteiger partial charge < -0.3 is 5.73 Å². The Morgan fingerprint density at radius 1 is 1.58 bits per heavy atom. The van der Waals surface area contributed by atoms with Crippen LogP contribution in [-0.4, -0.2) is 22.8 Å². The number of nitrogens with zero attached hydrogens (tertiary/aromatic N) is 2. The number of aryl methyl sites for hydroxylation is 1. The maximum atomic E-state index is 13.2. The molecule has 2 unspecified atom stereocenters. The van der Waals surface area contributed by atoms with Crippen LogP contribution in [0.15, 0.2) is 23.2 Å². The molecule has 5 heteroatoms. The first-order valence-electron chi connectivity index (χ1n) is 5.84. The van der Waals surface area contributed by atoms with Gasteiger partial charge in [-0.3, -0.25) is 4.90 Å². The highest BCUT2D eigenvalue weighted by molar-refractivity contribution is 6.03. The summed E-state index contributed by atoms with van der Waals surface area (Å²) in [7, 11) is 0. The van der Waals surface area contributed by atoms with Gasteiger partial charge in [-0.1, -0.05) is 12.0 Å². The van der Waals surface area contributed by atoms with E-state index >= 15 is 0 Å². The molecule has 0 fully saturated rings. The van der Waals surface area contributed by atoms with Gasteiger partial charge >= 0.3 is 6.03 Å². The van der Waals surface area contributed by atoms with E-state index in [0.29, 0.717) is 5.56 Å². The predicted molar refractivity (Wildman–Crippen MR) is 71.0 cm³/mol. The molecule has 1 aromatic rings. The Bertz CT molecular complexity index is 603. The highest BCUT2D eigenvalue weighted by Gasteiger charge is 2.37. The minimum Gasteiger partial charge on any atom is -0.385 e. The zero-order chi connectivity index (χ0) is 14.2. The fourth-order valence-electron chi connectivity index (χ4n) is 2.21. The van der Waals surface area contributed by atoms with Crippen molar-refractivity contribution in [3.05, 3.63) is 35.1 Å². The van der Waals surface area contributed by atoms with Gasteiger partial charge in [0.25, 0.3) is 0 Å². The molecular weight excluding hydrogens is 245 g/mol. The van der Waals surface area contributed by atoms with Crippen molar-refractivity contribution in [1.82, 2.24) is 4.90 Å². The van der Waals surface area contributed by atoms with Crippen molar-refractivity contribution in [2.24, 2.45) is 10.7 Å². The van der Waals surface area contributed by atoms with Crippen LogP contribution in [0.25, 0.3) is 0 Å². The second-order valence-corrected chi connectivity index (χ2v) is 4.47. The molecule has 2 rings (SSSR count). The number of terminal acetylenes is 1. The first-order valence-corrected chi connectivity index (χ1v) is 5.84. The Balaban J connectivity index is 2.49. The van der Waals surface area contributed by atoms with Crippen molar-refractivity contribution in [3.8, 4) is 12.3 Å². The van der Waals surface area contributed by atoms with Gasteiger partial charge in [-0.05, 0) is 37.1 Å². The van der Waals surface area contributed by atoms with Crippen LogP contribution >= 0.6 is 0 Å². The minimum atomic E-state index is -0.529.